The van der Waals surface area contributed by atoms with E-state index in [-0.39, 0.29) is 24.7 Å². The van der Waals surface area contributed by atoms with Crippen molar-refractivity contribution in [1.82, 2.24) is 10.6 Å². The molecule has 0 radical (unpaired) electrons. The van der Waals surface area contributed by atoms with Crippen LogP contribution in [0.25, 0.3) is 10.8 Å². The lowest BCUT2D eigenvalue weighted by atomic mass is 10.1. The fraction of sp³-hybridized carbons (Fsp3) is 0.235. The SMILES string of the molecule is O=C(CCC(=O)Nc1cccc2ccccc12)NCCNC(=S)S. The summed E-state index contributed by atoms with van der Waals surface area (Å²) in [6.07, 6.45) is 0.273. The molecule has 2 amide bonds. The normalized spacial score (nSPS) is 10.2. The summed E-state index contributed by atoms with van der Waals surface area (Å²) in [6, 6.07) is 13.6. The van der Waals surface area contributed by atoms with Gasteiger partial charge < -0.3 is 16.0 Å². The summed E-state index contributed by atoms with van der Waals surface area (Å²) in [5.41, 5.74) is 0.755. The molecule has 2 rings (SSSR count). The molecule has 2 aromatic carbocycles. The predicted octanol–water partition coefficient (Wildman–Crippen LogP) is 2.48. The second-order valence-electron chi connectivity index (χ2n) is 5.16. The first-order valence-corrected chi connectivity index (χ1v) is 8.43. The number of hydrogen-bond acceptors (Lipinski definition) is 3. The summed E-state index contributed by atoms with van der Waals surface area (Å²) in [4.78, 5) is 23.7. The summed E-state index contributed by atoms with van der Waals surface area (Å²) in [5, 5.41) is 10.4. The van der Waals surface area contributed by atoms with E-state index < -0.39 is 0 Å². The lowest BCUT2D eigenvalue weighted by Gasteiger charge is -2.09. The van der Waals surface area contributed by atoms with Crippen molar-refractivity contribution >= 4 is 57.4 Å². The van der Waals surface area contributed by atoms with Gasteiger partial charge in [0.1, 0.15) is 4.32 Å². The number of rotatable bonds is 7. The topological polar surface area (TPSA) is 70.2 Å². The van der Waals surface area contributed by atoms with Gasteiger partial charge in [-0.1, -0.05) is 48.6 Å². The number of thiocarbonyl (C=S) groups is 1. The Balaban J connectivity index is 1.78. The first-order chi connectivity index (χ1) is 11.6. The minimum atomic E-state index is -0.184. The van der Waals surface area contributed by atoms with Crippen molar-refractivity contribution in [2.24, 2.45) is 0 Å². The number of fused-ring (bicyclic) bond motifs is 1. The Morgan fingerprint density at radius 3 is 2.38 bits per heavy atom. The van der Waals surface area contributed by atoms with Crippen LogP contribution < -0.4 is 16.0 Å². The highest BCUT2D eigenvalue weighted by Gasteiger charge is 2.08. The van der Waals surface area contributed by atoms with Gasteiger partial charge in [0.15, 0.2) is 0 Å². The predicted molar refractivity (Wildman–Crippen MR) is 104 cm³/mol. The quantitative estimate of drug-likeness (QED) is 0.347. The van der Waals surface area contributed by atoms with Crippen LogP contribution >= 0.6 is 24.8 Å². The molecule has 3 N–H and O–H groups in total. The van der Waals surface area contributed by atoms with Crippen LogP contribution in [0, 0.1) is 0 Å². The smallest absolute Gasteiger partial charge is 0.224 e. The Morgan fingerprint density at radius 2 is 1.58 bits per heavy atom. The number of anilines is 1. The van der Waals surface area contributed by atoms with Gasteiger partial charge in [0.05, 0.1) is 0 Å². The second-order valence-corrected chi connectivity index (χ2v) is 6.31. The van der Waals surface area contributed by atoms with Gasteiger partial charge >= 0.3 is 0 Å². The number of benzene rings is 2. The lowest BCUT2D eigenvalue weighted by Crippen LogP contribution is -2.33. The summed E-state index contributed by atoms with van der Waals surface area (Å²) >= 11 is 8.66. The molecule has 0 spiro atoms. The maximum Gasteiger partial charge on any atom is 0.224 e. The minimum Gasteiger partial charge on any atom is -0.369 e. The van der Waals surface area contributed by atoms with Gasteiger partial charge in [-0.05, 0) is 11.5 Å². The number of thiol groups is 1. The van der Waals surface area contributed by atoms with Crippen molar-refractivity contribution in [3.63, 3.8) is 0 Å². The zero-order valence-electron chi connectivity index (χ0n) is 13.0. The summed E-state index contributed by atoms with van der Waals surface area (Å²) in [7, 11) is 0. The molecule has 126 valence electrons. The Kier molecular flexibility index (Phi) is 7.02. The van der Waals surface area contributed by atoms with Crippen LogP contribution in [-0.2, 0) is 9.59 Å². The largest absolute Gasteiger partial charge is 0.369 e. The highest BCUT2D eigenvalue weighted by molar-refractivity contribution is 8.11. The van der Waals surface area contributed by atoms with Crippen molar-refractivity contribution in [2.75, 3.05) is 18.4 Å². The third-order valence-electron chi connectivity index (χ3n) is 3.37. The van der Waals surface area contributed by atoms with E-state index in [0.717, 1.165) is 16.5 Å². The fourth-order valence-electron chi connectivity index (χ4n) is 2.23. The number of carbonyl (C=O) groups is 2. The molecule has 0 saturated carbocycles. The molecule has 0 aliphatic carbocycles. The van der Waals surface area contributed by atoms with Crippen LogP contribution in [-0.4, -0.2) is 29.2 Å². The van der Waals surface area contributed by atoms with E-state index >= 15 is 0 Å². The van der Waals surface area contributed by atoms with Crippen molar-refractivity contribution in [1.29, 1.82) is 0 Å². The van der Waals surface area contributed by atoms with Crippen LogP contribution in [0.4, 0.5) is 5.69 Å². The first-order valence-electron chi connectivity index (χ1n) is 7.57. The molecular formula is C17H19N3O2S2. The van der Waals surface area contributed by atoms with Gasteiger partial charge in [0, 0.05) is 37.0 Å². The van der Waals surface area contributed by atoms with Crippen molar-refractivity contribution in [3.8, 4) is 0 Å². The molecule has 24 heavy (non-hydrogen) atoms. The van der Waals surface area contributed by atoms with E-state index in [1.807, 2.05) is 42.5 Å². The summed E-state index contributed by atoms with van der Waals surface area (Å²) in [6.45, 7) is 0.945. The molecule has 0 heterocycles. The van der Waals surface area contributed by atoms with Gasteiger partial charge in [0.25, 0.3) is 0 Å². The molecule has 0 atom stereocenters. The third kappa shape index (κ3) is 5.82. The fourth-order valence-corrected chi connectivity index (χ4v) is 2.45. The molecule has 0 aliphatic heterocycles. The molecule has 0 saturated heterocycles. The van der Waals surface area contributed by atoms with E-state index in [4.69, 9.17) is 12.2 Å². The van der Waals surface area contributed by atoms with Crippen LogP contribution in [0.15, 0.2) is 42.5 Å². The first kappa shape index (κ1) is 18.2. The van der Waals surface area contributed by atoms with Crippen LogP contribution in [0.2, 0.25) is 0 Å². The summed E-state index contributed by atoms with van der Waals surface area (Å²) < 4.78 is 0.388. The van der Waals surface area contributed by atoms with Crippen LogP contribution in [0.3, 0.4) is 0 Å². The number of nitrogens with one attached hydrogen (secondary N) is 3. The van der Waals surface area contributed by atoms with Gasteiger partial charge in [-0.25, -0.2) is 0 Å². The third-order valence-corrected chi connectivity index (χ3v) is 3.67. The Hall–Kier alpha value is -2.12. The lowest BCUT2D eigenvalue weighted by molar-refractivity contribution is -0.124. The molecule has 2 aromatic rings. The molecule has 0 aliphatic rings. The van der Waals surface area contributed by atoms with E-state index in [9.17, 15) is 9.59 Å². The number of amides is 2. The van der Waals surface area contributed by atoms with Crippen molar-refractivity contribution in [2.45, 2.75) is 12.8 Å². The molecule has 0 unspecified atom stereocenters. The van der Waals surface area contributed by atoms with E-state index in [1.165, 1.54) is 0 Å². The maximum atomic E-state index is 12.0. The Labute approximate surface area is 151 Å². The molecular weight excluding hydrogens is 342 g/mol. The van der Waals surface area contributed by atoms with Gasteiger partial charge in [-0.15, -0.1) is 12.6 Å². The average Bonchev–Trinajstić information content (AvgIpc) is 2.57. The molecule has 0 aromatic heterocycles. The minimum absolute atomic E-state index is 0.132. The highest BCUT2D eigenvalue weighted by atomic mass is 32.1. The molecule has 0 fully saturated rings. The summed E-state index contributed by atoms with van der Waals surface area (Å²) in [5.74, 6) is -0.355. The molecule has 5 nitrogen and oxygen atoms in total. The van der Waals surface area contributed by atoms with Crippen molar-refractivity contribution < 1.29 is 9.59 Å². The van der Waals surface area contributed by atoms with Crippen molar-refractivity contribution in [3.05, 3.63) is 42.5 Å². The Morgan fingerprint density at radius 1 is 0.917 bits per heavy atom. The maximum absolute atomic E-state index is 12.0. The molecule has 0 bridgehead atoms. The number of carbonyl (C=O) groups excluding carboxylic acids is 2. The Bertz CT molecular complexity index is 744. The van der Waals surface area contributed by atoms with Gasteiger partial charge in [-0.2, -0.15) is 0 Å². The van der Waals surface area contributed by atoms with E-state index in [0.29, 0.717) is 17.4 Å². The monoisotopic (exact) mass is 361 g/mol. The highest BCUT2D eigenvalue weighted by Crippen LogP contribution is 2.23. The average molecular weight is 361 g/mol. The molecule has 7 heteroatoms. The van der Waals surface area contributed by atoms with E-state index in [1.54, 1.807) is 0 Å². The van der Waals surface area contributed by atoms with E-state index in [2.05, 4.69) is 28.6 Å². The van der Waals surface area contributed by atoms with Gasteiger partial charge in [0.2, 0.25) is 11.8 Å². The van der Waals surface area contributed by atoms with Crippen LogP contribution in [0.1, 0.15) is 12.8 Å². The zero-order chi connectivity index (χ0) is 17.4. The number of hydrogen-bond donors (Lipinski definition) is 4. The van der Waals surface area contributed by atoms with Crippen LogP contribution in [0.5, 0.6) is 0 Å². The van der Waals surface area contributed by atoms with Gasteiger partial charge in [-0.3, -0.25) is 9.59 Å². The second kappa shape index (κ2) is 9.24. The standard InChI is InChI=1S/C17H19N3O2S2/c21-15(18-10-11-19-17(23)24)8-9-16(22)20-14-7-3-5-12-4-1-2-6-13(12)14/h1-7H,8-11H2,(H,18,21)(H,20,22)(H2,19,23,24). The zero-order valence-corrected chi connectivity index (χ0v) is 14.8.